The van der Waals surface area contributed by atoms with Crippen molar-refractivity contribution in [2.24, 2.45) is 0 Å². The minimum absolute atomic E-state index is 0.380. The van der Waals surface area contributed by atoms with Crippen LogP contribution in [0.1, 0.15) is 16.1 Å². The lowest BCUT2D eigenvalue weighted by Crippen LogP contribution is -2.07. The van der Waals surface area contributed by atoms with Crippen molar-refractivity contribution in [3.63, 3.8) is 0 Å². The second kappa shape index (κ2) is 4.72. The van der Waals surface area contributed by atoms with E-state index in [9.17, 15) is 4.79 Å². The van der Waals surface area contributed by atoms with E-state index < -0.39 is 0 Å². The van der Waals surface area contributed by atoms with E-state index in [0.717, 1.165) is 0 Å². The molecule has 0 aromatic carbocycles. The lowest BCUT2D eigenvalue weighted by Gasteiger charge is -2.05. The molecule has 1 heterocycles. The van der Waals surface area contributed by atoms with Crippen molar-refractivity contribution in [1.29, 1.82) is 0 Å². The maximum Gasteiger partial charge on any atom is 0.340 e. The number of halogens is 2. The van der Waals surface area contributed by atoms with Crippen molar-refractivity contribution in [3.8, 4) is 0 Å². The van der Waals surface area contributed by atoms with Crippen LogP contribution in [0.3, 0.4) is 0 Å². The molecule has 0 aliphatic carbocycles. The maximum absolute atomic E-state index is 11.3. The van der Waals surface area contributed by atoms with Gasteiger partial charge in [-0.1, -0.05) is 15.9 Å². The highest BCUT2D eigenvalue weighted by molar-refractivity contribution is 9.10. The maximum atomic E-state index is 11.3. The van der Waals surface area contributed by atoms with Crippen molar-refractivity contribution in [1.82, 2.24) is 4.98 Å². The molecule has 0 bridgehead atoms. The molecule has 0 saturated carbocycles. The van der Waals surface area contributed by atoms with E-state index in [1.807, 2.05) is 0 Å². The summed E-state index contributed by atoms with van der Waals surface area (Å²) in [6.07, 6.45) is 1.63. The summed E-state index contributed by atoms with van der Waals surface area (Å²) >= 11 is 6.52. The van der Waals surface area contributed by atoms with Crippen molar-refractivity contribution < 1.29 is 9.53 Å². The van der Waals surface area contributed by atoms with Gasteiger partial charge in [0.15, 0.2) is 0 Å². The van der Waals surface area contributed by atoms with Crippen LogP contribution in [0.2, 0.25) is 0 Å². The number of hydrogen-bond donors (Lipinski definition) is 0. The molecular weight excluding hydrogens is 302 g/mol. The largest absolute Gasteiger partial charge is 0.465 e. The molecule has 0 fully saturated rings. The van der Waals surface area contributed by atoms with E-state index in [1.54, 1.807) is 12.3 Å². The molecule has 0 aliphatic heterocycles. The molecule has 0 atom stereocenters. The molecule has 1 aromatic heterocycles. The Balaban J connectivity index is 3.22. The zero-order valence-electron chi connectivity index (χ0n) is 6.88. The predicted molar refractivity (Wildman–Crippen MR) is 55.9 cm³/mol. The van der Waals surface area contributed by atoms with Gasteiger partial charge in [0, 0.05) is 16.0 Å². The van der Waals surface area contributed by atoms with Gasteiger partial charge in [-0.2, -0.15) is 0 Å². The highest BCUT2D eigenvalue weighted by Gasteiger charge is 2.15. The van der Waals surface area contributed by atoms with E-state index in [-0.39, 0.29) is 5.97 Å². The van der Waals surface area contributed by atoms with Crippen LogP contribution in [-0.4, -0.2) is 18.1 Å². The molecule has 0 amide bonds. The van der Waals surface area contributed by atoms with Crippen molar-refractivity contribution >= 4 is 37.8 Å². The summed E-state index contributed by atoms with van der Waals surface area (Å²) in [6.45, 7) is 0. The molecule has 0 N–H and O–H groups in total. The van der Waals surface area contributed by atoms with Crippen molar-refractivity contribution in [2.75, 3.05) is 7.11 Å². The number of aromatic nitrogens is 1. The topological polar surface area (TPSA) is 39.2 Å². The predicted octanol–water partition coefficient (Wildman–Crippen LogP) is 2.53. The average Bonchev–Trinajstić information content (AvgIpc) is 2.16. The summed E-state index contributed by atoms with van der Waals surface area (Å²) < 4.78 is 5.33. The molecule has 0 aliphatic rings. The minimum atomic E-state index is -0.380. The van der Waals surface area contributed by atoms with Gasteiger partial charge in [-0.25, -0.2) is 4.79 Å². The van der Waals surface area contributed by atoms with Gasteiger partial charge in [0.1, 0.15) is 0 Å². The smallest absolute Gasteiger partial charge is 0.340 e. The van der Waals surface area contributed by atoms with Crippen LogP contribution in [0, 0.1) is 0 Å². The number of carbonyl (C=O) groups excluding carboxylic acids is 1. The second-order valence-corrected chi connectivity index (χ2v) is 3.65. The summed E-state index contributed by atoms with van der Waals surface area (Å²) in [6, 6.07) is 1.71. The number of ether oxygens (including phenoxy) is 1. The summed E-state index contributed by atoms with van der Waals surface area (Å²) in [4.78, 5) is 15.4. The molecule has 0 radical (unpaired) electrons. The van der Waals surface area contributed by atoms with Crippen molar-refractivity contribution in [2.45, 2.75) is 5.33 Å². The molecule has 0 spiro atoms. The molecule has 1 rings (SSSR count). The fraction of sp³-hybridized carbons (Fsp3) is 0.250. The first-order valence-electron chi connectivity index (χ1n) is 3.48. The molecular formula is C8H7Br2NO2. The van der Waals surface area contributed by atoms with Gasteiger partial charge in [-0.3, -0.25) is 4.98 Å². The highest BCUT2D eigenvalue weighted by atomic mass is 79.9. The third kappa shape index (κ3) is 2.28. The number of pyridine rings is 1. The van der Waals surface area contributed by atoms with E-state index in [2.05, 4.69) is 41.6 Å². The van der Waals surface area contributed by atoms with Gasteiger partial charge in [0.2, 0.25) is 0 Å². The zero-order chi connectivity index (χ0) is 9.84. The molecule has 13 heavy (non-hydrogen) atoms. The average molecular weight is 309 g/mol. The molecule has 1 aromatic rings. The Bertz CT molecular complexity index is 328. The van der Waals surface area contributed by atoms with Gasteiger partial charge in [0.05, 0.1) is 18.4 Å². The number of carbonyl (C=O) groups is 1. The molecule has 3 nitrogen and oxygen atoms in total. The lowest BCUT2D eigenvalue weighted by atomic mass is 10.2. The Hall–Kier alpha value is -0.420. The molecule has 70 valence electrons. The van der Waals surface area contributed by atoms with Crippen LogP contribution in [0.5, 0.6) is 0 Å². The Morgan fingerprint density at radius 3 is 2.92 bits per heavy atom. The summed E-state index contributed by atoms with van der Waals surface area (Å²) in [5, 5.41) is 0.525. The monoisotopic (exact) mass is 307 g/mol. The van der Waals surface area contributed by atoms with Crippen LogP contribution >= 0.6 is 31.9 Å². The lowest BCUT2D eigenvalue weighted by molar-refractivity contribution is 0.0598. The van der Waals surface area contributed by atoms with Gasteiger partial charge < -0.3 is 4.74 Å². The Kier molecular flexibility index (Phi) is 3.87. The van der Waals surface area contributed by atoms with Crippen LogP contribution in [-0.2, 0) is 10.1 Å². The van der Waals surface area contributed by atoms with E-state index in [4.69, 9.17) is 0 Å². The summed E-state index contributed by atoms with van der Waals surface area (Å²) in [5.74, 6) is -0.380. The molecule has 0 unspecified atom stereocenters. The first-order valence-corrected chi connectivity index (χ1v) is 5.39. The number of nitrogens with zero attached hydrogens (tertiary/aromatic N) is 1. The normalized spacial score (nSPS) is 9.77. The number of alkyl halides is 1. The quantitative estimate of drug-likeness (QED) is 0.622. The Morgan fingerprint density at radius 2 is 2.38 bits per heavy atom. The Labute approximate surface area is 92.8 Å². The van der Waals surface area contributed by atoms with Gasteiger partial charge in [0.25, 0.3) is 0 Å². The van der Waals surface area contributed by atoms with Crippen LogP contribution < -0.4 is 0 Å². The minimum Gasteiger partial charge on any atom is -0.465 e. The van der Waals surface area contributed by atoms with E-state index >= 15 is 0 Å². The van der Waals surface area contributed by atoms with E-state index in [0.29, 0.717) is 21.1 Å². The fourth-order valence-electron chi connectivity index (χ4n) is 0.897. The van der Waals surface area contributed by atoms with Crippen LogP contribution in [0.15, 0.2) is 16.7 Å². The zero-order valence-corrected chi connectivity index (χ0v) is 10.1. The number of rotatable bonds is 2. The molecule has 0 saturated heterocycles. The van der Waals surface area contributed by atoms with Crippen LogP contribution in [0.25, 0.3) is 0 Å². The molecule has 5 heteroatoms. The highest BCUT2D eigenvalue weighted by Crippen LogP contribution is 2.21. The number of esters is 1. The number of hydrogen-bond acceptors (Lipinski definition) is 3. The van der Waals surface area contributed by atoms with Crippen LogP contribution in [0.4, 0.5) is 0 Å². The van der Waals surface area contributed by atoms with Crippen molar-refractivity contribution in [3.05, 3.63) is 28.0 Å². The first-order chi connectivity index (χ1) is 6.20. The summed E-state index contributed by atoms with van der Waals surface area (Å²) in [7, 11) is 1.35. The number of methoxy groups -OCH3 is 1. The van der Waals surface area contributed by atoms with Gasteiger partial charge in [-0.15, -0.1) is 0 Å². The standard InChI is InChI=1S/C8H7Br2NO2/c1-13-8(12)7-5(10)2-3-11-6(7)4-9/h2-3H,4H2,1H3. The third-order valence-corrected chi connectivity index (χ3v) is 2.69. The first kappa shape index (κ1) is 10.7. The Morgan fingerprint density at radius 1 is 1.69 bits per heavy atom. The van der Waals surface area contributed by atoms with E-state index in [1.165, 1.54) is 7.11 Å². The third-order valence-electron chi connectivity index (χ3n) is 1.49. The second-order valence-electron chi connectivity index (χ2n) is 2.24. The fourth-order valence-corrected chi connectivity index (χ4v) is 1.83. The van der Waals surface area contributed by atoms with Gasteiger partial charge in [-0.05, 0) is 22.0 Å². The SMILES string of the molecule is COC(=O)c1c(Br)ccnc1CBr. The van der Waals surface area contributed by atoms with Gasteiger partial charge >= 0.3 is 5.97 Å². The summed E-state index contributed by atoms with van der Waals surface area (Å²) in [5.41, 5.74) is 1.14.